The summed E-state index contributed by atoms with van der Waals surface area (Å²) in [7, 11) is 3.55. The second-order valence-corrected chi connectivity index (χ2v) is 5.12. The minimum absolute atomic E-state index is 0.211. The lowest BCUT2D eigenvalue weighted by Gasteiger charge is -2.31. The third-order valence-electron chi connectivity index (χ3n) is 3.69. The minimum Gasteiger partial charge on any atom is -0.377 e. The standard InChI is InChI=1S/C13H28N2O2/c1-6-14-7-11(10(2)3)15-8-12(16-4)13(9-15)17-5/h10-14H,6-9H2,1-5H3. The number of ether oxygens (including phenoxy) is 2. The summed E-state index contributed by atoms with van der Waals surface area (Å²) in [5.74, 6) is 0.641. The number of hydrogen-bond donors (Lipinski definition) is 1. The number of rotatable bonds is 7. The quantitative estimate of drug-likeness (QED) is 0.723. The Bertz CT molecular complexity index is 200. The highest BCUT2D eigenvalue weighted by Gasteiger charge is 2.37. The summed E-state index contributed by atoms with van der Waals surface area (Å²) in [5, 5.41) is 3.45. The van der Waals surface area contributed by atoms with Crippen molar-refractivity contribution in [2.24, 2.45) is 5.92 Å². The molecule has 0 aliphatic carbocycles. The predicted molar refractivity (Wildman–Crippen MR) is 70.3 cm³/mol. The van der Waals surface area contributed by atoms with Crippen molar-refractivity contribution in [3.8, 4) is 0 Å². The van der Waals surface area contributed by atoms with Crippen molar-refractivity contribution in [3.05, 3.63) is 0 Å². The van der Waals surface area contributed by atoms with Crippen molar-refractivity contribution < 1.29 is 9.47 Å². The summed E-state index contributed by atoms with van der Waals surface area (Å²) in [5.41, 5.74) is 0. The van der Waals surface area contributed by atoms with Gasteiger partial charge in [-0.05, 0) is 12.5 Å². The smallest absolute Gasteiger partial charge is 0.0971 e. The van der Waals surface area contributed by atoms with E-state index in [-0.39, 0.29) is 12.2 Å². The van der Waals surface area contributed by atoms with E-state index in [1.165, 1.54) is 0 Å². The van der Waals surface area contributed by atoms with Gasteiger partial charge in [0.15, 0.2) is 0 Å². The van der Waals surface area contributed by atoms with Gasteiger partial charge in [-0.2, -0.15) is 0 Å². The molecular weight excluding hydrogens is 216 g/mol. The van der Waals surface area contributed by atoms with Gasteiger partial charge in [0.1, 0.15) is 0 Å². The van der Waals surface area contributed by atoms with Crippen LogP contribution in [0.5, 0.6) is 0 Å². The van der Waals surface area contributed by atoms with E-state index in [1.807, 2.05) is 0 Å². The maximum atomic E-state index is 5.49. The first kappa shape index (κ1) is 14.9. The molecule has 1 N–H and O–H groups in total. The molecule has 1 aliphatic heterocycles. The highest BCUT2D eigenvalue weighted by Crippen LogP contribution is 2.21. The van der Waals surface area contributed by atoms with Gasteiger partial charge in [-0.25, -0.2) is 0 Å². The van der Waals surface area contributed by atoms with Crippen LogP contribution in [0.15, 0.2) is 0 Å². The third kappa shape index (κ3) is 3.91. The molecule has 0 amide bonds. The van der Waals surface area contributed by atoms with Crippen molar-refractivity contribution in [2.75, 3.05) is 40.4 Å². The molecule has 3 unspecified atom stereocenters. The van der Waals surface area contributed by atoms with E-state index in [2.05, 4.69) is 31.0 Å². The van der Waals surface area contributed by atoms with Gasteiger partial charge in [0, 0.05) is 39.9 Å². The van der Waals surface area contributed by atoms with E-state index in [0.29, 0.717) is 12.0 Å². The highest BCUT2D eigenvalue weighted by molar-refractivity contribution is 4.91. The molecule has 102 valence electrons. The minimum atomic E-state index is 0.211. The Labute approximate surface area is 106 Å². The number of methoxy groups -OCH3 is 2. The predicted octanol–water partition coefficient (Wildman–Crippen LogP) is 0.966. The third-order valence-corrected chi connectivity index (χ3v) is 3.69. The van der Waals surface area contributed by atoms with Crippen LogP contribution in [0.4, 0.5) is 0 Å². The van der Waals surface area contributed by atoms with Crippen LogP contribution >= 0.6 is 0 Å². The summed E-state index contributed by atoms with van der Waals surface area (Å²) in [4.78, 5) is 2.50. The van der Waals surface area contributed by atoms with E-state index in [0.717, 1.165) is 26.2 Å². The van der Waals surface area contributed by atoms with Crippen LogP contribution in [-0.2, 0) is 9.47 Å². The summed E-state index contributed by atoms with van der Waals surface area (Å²) >= 11 is 0. The summed E-state index contributed by atoms with van der Waals surface area (Å²) in [6, 6.07) is 0.563. The normalized spacial score (nSPS) is 27.9. The van der Waals surface area contributed by atoms with Crippen LogP contribution in [0.25, 0.3) is 0 Å². The molecule has 0 aromatic carbocycles. The van der Waals surface area contributed by atoms with Crippen LogP contribution in [0.2, 0.25) is 0 Å². The zero-order valence-electron chi connectivity index (χ0n) is 11.9. The maximum Gasteiger partial charge on any atom is 0.0971 e. The van der Waals surface area contributed by atoms with Gasteiger partial charge in [0.2, 0.25) is 0 Å². The van der Waals surface area contributed by atoms with Crippen molar-refractivity contribution in [1.82, 2.24) is 10.2 Å². The molecule has 0 saturated carbocycles. The largest absolute Gasteiger partial charge is 0.377 e. The van der Waals surface area contributed by atoms with Gasteiger partial charge in [-0.15, -0.1) is 0 Å². The number of likely N-dealkylation sites (N-methyl/N-ethyl adjacent to an activating group) is 1. The van der Waals surface area contributed by atoms with Gasteiger partial charge >= 0.3 is 0 Å². The second kappa shape index (κ2) is 7.31. The van der Waals surface area contributed by atoms with Gasteiger partial charge in [0.05, 0.1) is 12.2 Å². The first-order chi connectivity index (χ1) is 8.13. The van der Waals surface area contributed by atoms with Crippen molar-refractivity contribution in [2.45, 2.75) is 39.0 Å². The van der Waals surface area contributed by atoms with Gasteiger partial charge in [-0.1, -0.05) is 20.8 Å². The fourth-order valence-electron chi connectivity index (χ4n) is 2.57. The molecule has 1 rings (SSSR count). The first-order valence-corrected chi connectivity index (χ1v) is 6.64. The lowest BCUT2D eigenvalue weighted by molar-refractivity contribution is -0.00461. The summed E-state index contributed by atoms with van der Waals surface area (Å²) < 4.78 is 11.0. The van der Waals surface area contributed by atoms with Crippen LogP contribution in [0, 0.1) is 5.92 Å². The molecule has 17 heavy (non-hydrogen) atoms. The molecule has 1 fully saturated rings. The van der Waals surface area contributed by atoms with E-state index in [9.17, 15) is 0 Å². The van der Waals surface area contributed by atoms with Crippen molar-refractivity contribution in [3.63, 3.8) is 0 Å². The topological polar surface area (TPSA) is 33.7 Å². The Balaban J connectivity index is 2.57. The molecule has 0 aromatic rings. The summed E-state index contributed by atoms with van der Waals surface area (Å²) in [6.45, 7) is 10.7. The van der Waals surface area contributed by atoms with E-state index in [4.69, 9.17) is 9.47 Å². The zero-order chi connectivity index (χ0) is 12.8. The Morgan fingerprint density at radius 2 is 1.71 bits per heavy atom. The zero-order valence-corrected chi connectivity index (χ0v) is 11.9. The van der Waals surface area contributed by atoms with Gasteiger partial charge in [-0.3, -0.25) is 4.90 Å². The molecule has 0 bridgehead atoms. The van der Waals surface area contributed by atoms with Crippen molar-refractivity contribution >= 4 is 0 Å². The van der Waals surface area contributed by atoms with Crippen molar-refractivity contribution in [1.29, 1.82) is 0 Å². The van der Waals surface area contributed by atoms with Crippen LogP contribution < -0.4 is 5.32 Å². The Kier molecular flexibility index (Phi) is 6.41. The molecule has 4 heteroatoms. The van der Waals surface area contributed by atoms with Gasteiger partial charge in [0.25, 0.3) is 0 Å². The molecule has 0 spiro atoms. The number of likely N-dealkylation sites (tertiary alicyclic amines) is 1. The molecule has 1 heterocycles. The lowest BCUT2D eigenvalue weighted by atomic mass is 10.0. The molecule has 0 aromatic heterocycles. The molecule has 1 saturated heterocycles. The maximum absolute atomic E-state index is 5.49. The Morgan fingerprint density at radius 1 is 1.18 bits per heavy atom. The monoisotopic (exact) mass is 244 g/mol. The van der Waals surface area contributed by atoms with Crippen LogP contribution in [-0.4, -0.2) is 63.5 Å². The fraction of sp³-hybridized carbons (Fsp3) is 1.00. The van der Waals surface area contributed by atoms with E-state index < -0.39 is 0 Å². The Hall–Kier alpha value is -0.160. The molecule has 3 atom stereocenters. The highest BCUT2D eigenvalue weighted by atomic mass is 16.5. The second-order valence-electron chi connectivity index (χ2n) is 5.12. The van der Waals surface area contributed by atoms with Crippen LogP contribution in [0.3, 0.4) is 0 Å². The molecule has 1 aliphatic rings. The van der Waals surface area contributed by atoms with E-state index in [1.54, 1.807) is 14.2 Å². The average molecular weight is 244 g/mol. The fourth-order valence-corrected chi connectivity index (χ4v) is 2.57. The SMILES string of the molecule is CCNCC(C(C)C)N1CC(OC)C(OC)C1. The molecule has 4 nitrogen and oxygen atoms in total. The number of nitrogens with one attached hydrogen (secondary N) is 1. The lowest BCUT2D eigenvalue weighted by Crippen LogP contribution is -2.45. The summed E-state index contributed by atoms with van der Waals surface area (Å²) in [6.07, 6.45) is 0.422. The number of nitrogens with zero attached hydrogens (tertiary/aromatic N) is 1. The van der Waals surface area contributed by atoms with Gasteiger partial charge < -0.3 is 14.8 Å². The van der Waals surface area contributed by atoms with E-state index >= 15 is 0 Å². The molecule has 0 radical (unpaired) electrons. The first-order valence-electron chi connectivity index (χ1n) is 6.64. The van der Waals surface area contributed by atoms with Crippen LogP contribution in [0.1, 0.15) is 20.8 Å². The average Bonchev–Trinajstić information content (AvgIpc) is 2.72. The molecular formula is C13H28N2O2. The number of hydrogen-bond acceptors (Lipinski definition) is 4. The Morgan fingerprint density at radius 3 is 2.06 bits per heavy atom.